The Morgan fingerprint density at radius 2 is 1.68 bits per heavy atom. The fourth-order valence-corrected chi connectivity index (χ4v) is 3.40. The van der Waals surface area contributed by atoms with E-state index in [9.17, 15) is 26.7 Å². The third-order valence-corrected chi connectivity index (χ3v) is 5.43. The van der Waals surface area contributed by atoms with Gasteiger partial charge < -0.3 is 14.7 Å². The molecule has 2 aromatic carbocycles. The summed E-state index contributed by atoms with van der Waals surface area (Å²) in [7, 11) is -2.00. The van der Waals surface area contributed by atoms with Gasteiger partial charge in [0.1, 0.15) is 11.6 Å². The molecule has 0 aromatic heterocycles. The number of alkyl halides is 3. The predicted molar refractivity (Wildman–Crippen MR) is 97.4 cm³/mol. The Kier molecular flexibility index (Phi) is 4.88. The summed E-state index contributed by atoms with van der Waals surface area (Å²) in [5.74, 6) is 0.398. The number of rotatable bonds is 4. The molecule has 10 heteroatoms. The van der Waals surface area contributed by atoms with Gasteiger partial charge in [-0.1, -0.05) is 0 Å². The molecule has 0 saturated carbocycles. The number of halogens is 3. The smallest absolute Gasteiger partial charge is 0.440 e. The van der Waals surface area contributed by atoms with E-state index in [1.54, 1.807) is 24.3 Å². The first-order chi connectivity index (χ1) is 12.9. The number of aliphatic hydroxyl groups is 1. The van der Waals surface area contributed by atoms with Gasteiger partial charge in [-0.15, -0.1) is 0 Å². The Hall–Kier alpha value is -2.59. The SMILES string of the molecule is COc1ccc(N2CC(O)(C(F)(F)F)N=C2c2ccc(S(C)(=O)=O)cc2)cc1. The van der Waals surface area contributed by atoms with Crippen LogP contribution in [-0.2, 0) is 9.84 Å². The first-order valence-electron chi connectivity index (χ1n) is 8.06. The van der Waals surface area contributed by atoms with Gasteiger partial charge in [-0.25, -0.2) is 13.4 Å². The maximum absolute atomic E-state index is 13.4. The highest BCUT2D eigenvalue weighted by Crippen LogP contribution is 2.39. The van der Waals surface area contributed by atoms with E-state index < -0.39 is 28.3 Å². The highest BCUT2D eigenvalue weighted by molar-refractivity contribution is 7.90. The monoisotopic (exact) mass is 414 g/mol. The molecule has 2 aromatic rings. The second-order valence-corrected chi connectivity index (χ2v) is 8.35. The lowest BCUT2D eigenvalue weighted by Gasteiger charge is -2.25. The summed E-state index contributed by atoms with van der Waals surface area (Å²) in [5.41, 5.74) is -2.67. The van der Waals surface area contributed by atoms with Crippen LogP contribution in [0.3, 0.4) is 0 Å². The van der Waals surface area contributed by atoms with Gasteiger partial charge in [-0.05, 0) is 48.5 Å². The highest BCUT2D eigenvalue weighted by Gasteiger charge is 2.58. The van der Waals surface area contributed by atoms with E-state index in [4.69, 9.17) is 4.74 Å². The van der Waals surface area contributed by atoms with Crippen LogP contribution >= 0.6 is 0 Å². The van der Waals surface area contributed by atoms with Gasteiger partial charge in [-0.2, -0.15) is 13.2 Å². The molecule has 1 unspecified atom stereocenters. The van der Waals surface area contributed by atoms with Crippen LogP contribution in [-0.4, -0.2) is 51.2 Å². The van der Waals surface area contributed by atoms with Crippen LogP contribution in [0.1, 0.15) is 5.56 Å². The Labute approximate surface area is 159 Å². The number of sulfone groups is 1. The molecule has 0 fully saturated rings. The normalized spacial score (nSPS) is 20.2. The maximum Gasteiger partial charge on any atom is 0.440 e. The maximum atomic E-state index is 13.4. The molecule has 0 radical (unpaired) electrons. The van der Waals surface area contributed by atoms with E-state index in [0.717, 1.165) is 6.26 Å². The van der Waals surface area contributed by atoms with E-state index in [2.05, 4.69) is 4.99 Å². The molecule has 0 saturated heterocycles. The number of anilines is 1. The molecule has 0 amide bonds. The van der Waals surface area contributed by atoms with E-state index in [1.165, 1.54) is 36.3 Å². The first kappa shape index (κ1) is 20.2. The Balaban J connectivity index is 2.07. The number of hydrogen-bond donors (Lipinski definition) is 1. The second kappa shape index (κ2) is 6.78. The molecule has 1 aliphatic heterocycles. The minimum Gasteiger partial charge on any atom is -0.497 e. The summed E-state index contributed by atoms with van der Waals surface area (Å²) in [4.78, 5) is 4.80. The zero-order valence-electron chi connectivity index (χ0n) is 14.9. The van der Waals surface area contributed by atoms with Crippen LogP contribution in [0.25, 0.3) is 0 Å². The van der Waals surface area contributed by atoms with Crippen molar-refractivity contribution in [1.29, 1.82) is 0 Å². The molecule has 150 valence electrons. The molecule has 6 nitrogen and oxygen atoms in total. The zero-order chi connectivity index (χ0) is 20.7. The zero-order valence-corrected chi connectivity index (χ0v) is 15.8. The molecule has 1 N–H and O–H groups in total. The third kappa shape index (κ3) is 3.69. The van der Waals surface area contributed by atoms with Crippen molar-refractivity contribution in [2.75, 3.05) is 24.8 Å². The number of aliphatic imine (C=N–C) groups is 1. The number of methoxy groups -OCH3 is 1. The van der Waals surface area contributed by atoms with Gasteiger partial charge in [-0.3, -0.25) is 0 Å². The molecule has 1 atom stereocenters. The summed E-state index contributed by atoms with van der Waals surface area (Å²) in [6, 6.07) is 11.5. The molecular formula is C18H17F3N2O4S. The van der Waals surface area contributed by atoms with Crippen molar-refractivity contribution in [1.82, 2.24) is 0 Å². The van der Waals surface area contributed by atoms with Gasteiger partial charge in [0.25, 0.3) is 5.72 Å². The van der Waals surface area contributed by atoms with E-state index in [0.29, 0.717) is 11.4 Å². The summed E-state index contributed by atoms with van der Waals surface area (Å²) in [5, 5.41) is 10.1. The number of nitrogens with zero attached hydrogens (tertiary/aromatic N) is 2. The van der Waals surface area contributed by atoms with Crippen LogP contribution in [0.4, 0.5) is 18.9 Å². The Morgan fingerprint density at radius 1 is 1.11 bits per heavy atom. The average molecular weight is 414 g/mol. The second-order valence-electron chi connectivity index (χ2n) is 6.33. The van der Waals surface area contributed by atoms with E-state index >= 15 is 0 Å². The van der Waals surface area contributed by atoms with Crippen molar-refractivity contribution < 1.29 is 31.4 Å². The molecule has 28 heavy (non-hydrogen) atoms. The molecule has 1 aliphatic rings. The van der Waals surface area contributed by atoms with Crippen LogP contribution in [0.2, 0.25) is 0 Å². The van der Waals surface area contributed by atoms with Crippen LogP contribution in [0, 0.1) is 0 Å². The fraction of sp³-hybridized carbons (Fsp3) is 0.278. The number of ether oxygens (including phenoxy) is 1. The van der Waals surface area contributed by atoms with Crippen LogP contribution in [0.15, 0.2) is 58.4 Å². The number of amidine groups is 1. The summed E-state index contributed by atoms with van der Waals surface area (Å²) < 4.78 is 68.4. The topological polar surface area (TPSA) is 79.2 Å². The molecule has 1 heterocycles. The van der Waals surface area contributed by atoms with Crippen molar-refractivity contribution in [2.24, 2.45) is 4.99 Å². The van der Waals surface area contributed by atoms with Crippen molar-refractivity contribution in [3.63, 3.8) is 0 Å². The average Bonchev–Trinajstić information content (AvgIpc) is 3.00. The summed E-state index contributed by atoms with van der Waals surface area (Å²) in [6.45, 7) is -0.827. The van der Waals surface area contributed by atoms with Crippen molar-refractivity contribution >= 4 is 21.4 Å². The third-order valence-electron chi connectivity index (χ3n) is 4.30. The van der Waals surface area contributed by atoms with Crippen molar-refractivity contribution in [2.45, 2.75) is 16.8 Å². The number of benzene rings is 2. The highest BCUT2D eigenvalue weighted by atomic mass is 32.2. The molecule has 3 rings (SSSR count). The fourth-order valence-electron chi connectivity index (χ4n) is 2.77. The van der Waals surface area contributed by atoms with Gasteiger partial charge in [0, 0.05) is 17.5 Å². The first-order valence-corrected chi connectivity index (χ1v) is 9.95. The molecular weight excluding hydrogens is 397 g/mol. The van der Waals surface area contributed by atoms with Crippen molar-refractivity contribution in [3.05, 3.63) is 54.1 Å². The summed E-state index contributed by atoms with van der Waals surface area (Å²) >= 11 is 0. The van der Waals surface area contributed by atoms with Crippen LogP contribution in [0.5, 0.6) is 5.75 Å². The predicted octanol–water partition coefficient (Wildman–Crippen LogP) is 2.62. The van der Waals surface area contributed by atoms with Crippen LogP contribution < -0.4 is 9.64 Å². The molecule has 0 aliphatic carbocycles. The quantitative estimate of drug-likeness (QED) is 0.832. The number of hydrogen-bond acceptors (Lipinski definition) is 6. The van der Waals surface area contributed by atoms with E-state index in [1.807, 2.05) is 0 Å². The lowest BCUT2D eigenvalue weighted by molar-refractivity contribution is -0.249. The lowest BCUT2D eigenvalue weighted by Crippen LogP contribution is -2.47. The minimum absolute atomic E-state index is 0.0249. The summed E-state index contributed by atoms with van der Waals surface area (Å²) in [6.07, 6.45) is -3.95. The Morgan fingerprint density at radius 3 is 2.14 bits per heavy atom. The van der Waals surface area contributed by atoms with Crippen molar-refractivity contribution in [3.8, 4) is 5.75 Å². The standard InChI is InChI=1S/C18H17F3N2O4S/c1-27-14-7-5-13(6-8-14)23-11-17(24,18(19,20)21)22-16(23)12-3-9-15(10-4-12)28(2,25)26/h3-10,24H,11H2,1-2H3. The van der Waals surface area contributed by atoms with Gasteiger partial charge in [0.15, 0.2) is 9.84 Å². The molecule has 0 spiro atoms. The largest absolute Gasteiger partial charge is 0.497 e. The van der Waals surface area contributed by atoms with Gasteiger partial charge in [0.05, 0.1) is 18.6 Å². The lowest BCUT2D eigenvalue weighted by atomic mass is 10.1. The molecule has 0 bridgehead atoms. The number of β-amino-alcohol motifs (C(OH)–C–C–N with tert-alkyl or cyclic N) is 1. The van der Waals surface area contributed by atoms with Gasteiger partial charge >= 0.3 is 6.18 Å². The minimum atomic E-state index is -4.98. The van der Waals surface area contributed by atoms with Gasteiger partial charge in [0.2, 0.25) is 0 Å². The van der Waals surface area contributed by atoms with E-state index in [-0.39, 0.29) is 16.3 Å². The Bertz CT molecular complexity index is 1000.